The third-order valence-electron chi connectivity index (χ3n) is 2.37. The summed E-state index contributed by atoms with van der Waals surface area (Å²) in [7, 11) is 0. The maximum atomic E-state index is 10.7. The van der Waals surface area contributed by atoms with E-state index in [-0.39, 0.29) is 18.0 Å². The smallest absolute Gasteiger partial charge is 0.335 e. The molecule has 1 heterocycles. The molecule has 0 unspecified atom stereocenters. The van der Waals surface area contributed by atoms with Gasteiger partial charge in [0.1, 0.15) is 0 Å². The Morgan fingerprint density at radius 1 is 1.11 bits per heavy atom. The molecule has 1 aromatic heterocycles. The quantitative estimate of drug-likeness (QED) is 0.903. The lowest BCUT2D eigenvalue weighted by atomic mass is 10.2. The second-order valence-electron chi connectivity index (χ2n) is 3.98. The number of carbonyl (C=O) groups is 1. The first-order valence-electron chi connectivity index (χ1n) is 5.47. The van der Waals surface area contributed by atoms with Gasteiger partial charge in [-0.3, -0.25) is 0 Å². The Morgan fingerprint density at radius 3 is 2.11 bits per heavy atom. The topological polar surface area (TPSA) is 75.1 Å². The van der Waals surface area contributed by atoms with Crippen LogP contribution in [-0.2, 0) is 0 Å². The number of anilines is 2. The van der Waals surface area contributed by atoms with E-state index in [1.54, 1.807) is 12.1 Å². The second kappa shape index (κ2) is 6.15. The molecule has 5 nitrogen and oxygen atoms in total. The Balaban J connectivity index is 0.00000180. The van der Waals surface area contributed by atoms with E-state index < -0.39 is 5.97 Å². The van der Waals surface area contributed by atoms with Gasteiger partial charge in [0.2, 0.25) is 5.95 Å². The molecular formula is C13H14ClN3O2. The molecule has 100 valence electrons. The van der Waals surface area contributed by atoms with Crippen molar-refractivity contribution in [2.45, 2.75) is 13.8 Å². The molecule has 0 saturated carbocycles. The number of aromatic nitrogens is 2. The molecule has 0 atom stereocenters. The van der Waals surface area contributed by atoms with Crippen molar-refractivity contribution in [1.82, 2.24) is 9.97 Å². The van der Waals surface area contributed by atoms with Gasteiger partial charge in [0, 0.05) is 17.1 Å². The molecule has 2 N–H and O–H groups in total. The zero-order valence-corrected chi connectivity index (χ0v) is 11.4. The first-order chi connectivity index (χ1) is 8.54. The molecule has 6 heteroatoms. The Morgan fingerprint density at radius 2 is 1.63 bits per heavy atom. The maximum absolute atomic E-state index is 10.7. The van der Waals surface area contributed by atoms with Gasteiger partial charge in [0.25, 0.3) is 0 Å². The van der Waals surface area contributed by atoms with Gasteiger partial charge in [-0.25, -0.2) is 14.8 Å². The van der Waals surface area contributed by atoms with E-state index in [4.69, 9.17) is 5.11 Å². The van der Waals surface area contributed by atoms with E-state index >= 15 is 0 Å². The number of nitrogens with one attached hydrogen (secondary N) is 1. The first-order valence-corrected chi connectivity index (χ1v) is 5.47. The molecule has 0 spiro atoms. The molecule has 0 aliphatic carbocycles. The number of benzene rings is 1. The van der Waals surface area contributed by atoms with Crippen molar-refractivity contribution in [3.05, 3.63) is 47.3 Å². The van der Waals surface area contributed by atoms with Crippen LogP contribution < -0.4 is 5.32 Å². The number of carboxylic acids is 1. The van der Waals surface area contributed by atoms with E-state index in [1.807, 2.05) is 19.9 Å². The maximum Gasteiger partial charge on any atom is 0.335 e. The summed E-state index contributed by atoms with van der Waals surface area (Å²) in [6.07, 6.45) is 0. The minimum Gasteiger partial charge on any atom is -0.478 e. The van der Waals surface area contributed by atoms with Crippen molar-refractivity contribution < 1.29 is 9.90 Å². The highest BCUT2D eigenvalue weighted by atomic mass is 35.5. The molecular weight excluding hydrogens is 266 g/mol. The molecule has 0 bridgehead atoms. The van der Waals surface area contributed by atoms with Crippen molar-refractivity contribution >= 4 is 30.0 Å². The van der Waals surface area contributed by atoms with Crippen LogP contribution in [0, 0.1) is 13.8 Å². The van der Waals surface area contributed by atoms with Gasteiger partial charge in [0.15, 0.2) is 0 Å². The van der Waals surface area contributed by atoms with Crippen LogP contribution in [0.3, 0.4) is 0 Å². The van der Waals surface area contributed by atoms with E-state index in [9.17, 15) is 4.79 Å². The summed E-state index contributed by atoms with van der Waals surface area (Å²) in [6.45, 7) is 3.79. The fourth-order valence-corrected chi connectivity index (χ4v) is 1.61. The zero-order chi connectivity index (χ0) is 13.1. The normalized spacial score (nSPS) is 9.58. The van der Waals surface area contributed by atoms with Gasteiger partial charge in [-0.05, 0) is 44.2 Å². The predicted octanol–water partition coefficient (Wildman–Crippen LogP) is 2.96. The van der Waals surface area contributed by atoms with E-state index in [1.165, 1.54) is 12.1 Å². The molecule has 1 aromatic carbocycles. The minimum absolute atomic E-state index is 0. The molecule has 0 saturated heterocycles. The Labute approximate surface area is 117 Å². The third kappa shape index (κ3) is 3.93. The van der Waals surface area contributed by atoms with Gasteiger partial charge in [0.05, 0.1) is 5.56 Å². The van der Waals surface area contributed by atoms with Crippen molar-refractivity contribution in [3.63, 3.8) is 0 Å². The summed E-state index contributed by atoms with van der Waals surface area (Å²) in [5.41, 5.74) is 2.77. The summed E-state index contributed by atoms with van der Waals surface area (Å²) in [6, 6.07) is 8.33. The lowest BCUT2D eigenvalue weighted by Gasteiger charge is -2.06. The molecule has 0 radical (unpaired) electrons. The number of hydrogen-bond donors (Lipinski definition) is 2. The summed E-state index contributed by atoms with van der Waals surface area (Å²) in [5.74, 6) is -0.431. The molecule has 19 heavy (non-hydrogen) atoms. The molecule has 0 fully saturated rings. The summed E-state index contributed by atoms with van der Waals surface area (Å²) in [4.78, 5) is 19.2. The molecule has 0 amide bonds. The van der Waals surface area contributed by atoms with E-state index in [0.29, 0.717) is 5.95 Å². The Bertz CT molecular complexity index is 565. The minimum atomic E-state index is -0.941. The number of aryl methyl sites for hydroxylation is 2. The van der Waals surface area contributed by atoms with Crippen molar-refractivity contribution in [1.29, 1.82) is 0 Å². The van der Waals surface area contributed by atoms with Crippen LogP contribution in [0.1, 0.15) is 21.7 Å². The number of aromatic carboxylic acids is 1. The highest BCUT2D eigenvalue weighted by molar-refractivity contribution is 5.88. The van der Waals surface area contributed by atoms with Crippen LogP contribution in [0.15, 0.2) is 30.3 Å². The van der Waals surface area contributed by atoms with Gasteiger partial charge < -0.3 is 10.4 Å². The van der Waals surface area contributed by atoms with Crippen LogP contribution in [0.5, 0.6) is 0 Å². The highest BCUT2D eigenvalue weighted by Gasteiger charge is 2.03. The monoisotopic (exact) mass is 279 g/mol. The number of carboxylic acid groups (broad SMARTS) is 1. The third-order valence-corrected chi connectivity index (χ3v) is 2.37. The van der Waals surface area contributed by atoms with E-state index in [0.717, 1.165) is 17.1 Å². The Kier molecular flexibility index (Phi) is 4.83. The Hall–Kier alpha value is -2.14. The lowest BCUT2D eigenvalue weighted by Crippen LogP contribution is -2.01. The molecule has 0 aliphatic heterocycles. The fraction of sp³-hybridized carbons (Fsp3) is 0.154. The summed E-state index contributed by atoms with van der Waals surface area (Å²) >= 11 is 0. The largest absolute Gasteiger partial charge is 0.478 e. The van der Waals surface area contributed by atoms with Crippen LogP contribution in [0.25, 0.3) is 0 Å². The van der Waals surface area contributed by atoms with E-state index in [2.05, 4.69) is 15.3 Å². The number of rotatable bonds is 3. The SMILES string of the molecule is Cc1cc(C)nc(Nc2ccc(C(=O)O)cc2)n1.Cl. The number of hydrogen-bond acceptors (Lipinski definition) is 4. The van der Waals surface area contributed by atoms with Crippen molar-refractivity contribution in [3.8, 4) is 0 Å². The second-order valence-corrected chi connectivity index (χ2v) is 3.98. The van der Waals surface area contributed by atoms with Crippen molar-refractivity contribution in [2.24, 2.45) is 0 Å². The van der Waals surface area contributed by atoms with Crippen LogP contribution >= 0.6 is 12.4 Å². The number of halogens is 1. The van der Waals surface area contributed by atoms with Gasteiger partial charge in [-0.1, -0.05) is 0 Å². The molecule has 2 rings (SSSR count). The fourth-order valence-electron chi connectivity index (χ4n) is 1.61. The van der Waals surface area contributed by atoms with Gasteiger partial charge in [-0.15, -0.1) is 12.4 Å². The average Bonchev–Trinajstić information content (AvgIpc) is 2.28. The average molecular weight is 280 g/mol. The van der Waals surface area contributed by atoms with Gasteiger partial charge in [-0.2, -0.15) is 0 Å². The van der Waals surface area contributed by atoms with Gasteiger partial charge >= 0.3 is 5.97 Å². The summed E-state index contributed by atoms with van der Waals surface area (Å²) in [5, 5.41) is 11.8. The zero-order valence-electron chi connectivity index (χ0n) is 10.5. The first kappa shape index (κ1) is 14.9. The molecule has 2 aromatic rings. The van der Waals surface area contributed by atoms with Crippen LogP contribution in [0.2, 0.25) is 0 Å². The predicted molar refractivity (Wildman–Crippen MR) is 75.4 cm³/mol. The molecule has 0 aliphatic rings. The van der Waals surface area contributed by atoms with Crippen LogP contribution in [-0.4, -0.2) is 21.0 Å². The standard InChI is InChI=1S/C13H13N3O2.ClH/c1-8-7-9(2)15-13(14-8)16-11-5-3-10(4-6-11)12(17)18;/h3-7H,1-2H3,(H,17,18)(H,14,15,16);1H. The van der Waals surface area contributed by atoms with Crippen molar-refractivity contribution in [2.75, 3.05) is 5.32 Å². The number of nitrogens with zero attached hydrogens (tertiary/aromatic N) is 2. The highest BCUT2D eigenvalue weighted by Crippen LogP contribution is 2.14. The van der Waals surface area contributed by atoms with Crippen LogP contribution in [0.4, 0.5) is 11.6 Å². The lowest BCUT2D eigenvalue weighted by molar-refractivity contribution is 0.0697. The summed E-state index contributed by atoms with van der Waals surface area (Å²) < 4.78 is 0.